The average molecular weight is 130 g/mol. The van der Waals surface area contributed by atoms with Crippen LogP contribution in [0.3, 0.4) is 0 Å². The maximum atomic E-state index is 12.0. The standard InChI is InChI=1S/C7H11FO/c1-6(2)3-4-7(8)5-9/h4-6H,3H2,1-2H3/b7-4+. The van der Waals surface area contributed by atoms with E-state index in [1.165, 1.54) is 6.08 Å². The smallest absolute Gasteiger partial charge is 0.178 e. The number of rotatable bonds is 3. The molecule has 0 aliphatic heterocycles. The molecule has 0 bridgehead atoms. The number of carbonyl (C=O) groups excluding carboxylic acids is 1. The Labute approximate surface area is 54.6 Å². The van der Waals surface area contributed by atoms with Crippen molar-refractivity contribution in [3.63, 3.8) is 0 Å². The first kappa shape index (κ1) is 8.34. The lowest BCUT2D eigenvalue weighted by atomic mass is 10.1. The van der Waals surface area contributed by atoms with E-state index in [9.17, 15) is 9.18 Å². The molecule has 0 aromatic heterocycles. The van der Waals surface area contributed by atoms with Gasteiger partial charge in [-0.25, -0.2) is 4.39 Å². The van der Waals surface area contributed by atoms with Crippen LogP contribution >= 0.6 is 0 Å². The summed E-state index contributed by atoms with van der Waals surface area (Å²) in [5.41, 5.74) is 0. The van der Waals surface area contributed by atoms with Gasteiger partial charge in [0.05, 0.1) is 0 Å². The largest absolute Gasteiger partial charge is 0.295 e. The maximum absolute atomic E-state index is 12.0. The molecule has 0 aromatic carbocycles. The lowest BCUT2D eigenvalue weighted by Gasteiger charge is -1.94. The minimum Gasteiger partial charge on any atom is -0.295 e. The molecule has 2 heteroatoms. The van der Waals surface area contributed by atoms with Crippen molar-refractivity contribution in [2.75, 3.05) is 0 Å². The molecular formula is C7H11FO. The van der Waals surface area contributed by atoms with Gasteiger partial charge in [-0.05, 0) is 18.4 Å². The van der Waals surface area contributed by atoms with Gasteiger partial charge in [0.15, 0.2) is 12.1 Å². The molecule has 0 rings (SSSR count). The van der Waals surface area contributed by atoms with Crippen molar-refractivity contribution >= 4 is 6.29 Å². The van der Waals surface area contributed by atoms with E-state index in [1.807, 2.05) is 13.8 Å². The molecule has 1 nitrogen and oxygen atoms in total. The Kier molecular flexibility index (Phi) is 3.93. The normalized spacial score (nSPS) is 12.2. The molecule has 0 saturated carbocycles. The SMILES string of the molecule is CC(C)C/C=C(/F)C=O. The zero-order chi connectivity index (χ0) is 7.28. The summed E-state index contributed by atoms with van der Waals surface area (Å²) in [7, 11) is 0. The molecule has 0 aliphatic rings. The fourth-order valence-electron chi connectivity index (χ4n) is 0.396. The summed E-state index contributed by atoms with van der Waals surface area (Å²) >= 11 is 0. The van der Waals surface area contributed by atoms with Gasteiger partial charge in [0.2, 0.25) is 0 Å². The minimum absolute atomic E-state index is 0.225. The summed E-state index contributed by atoms with van der Waals surface area (Å²) in [5, 5.41) is 0. The van der Waals surface area contributed by atoms with Crippen molar-refractivity contribution in [3.05, 3.63) is 11.9 Å². The van der Waals surface area contributed by atoms with E-state index in [-0.39, 0.29) is 6.29 Å². The molecule has 52 valence electrons. The summed E-state index contributed by atoms with van der Waals surface area (Å²) in [6.45, 7) is 3.93. The second kappa shape index (κ2) is 4.24. The van der Waals surface area contributed by atoms with E-state index in [4.69, 9.17) is 0 Å². The van der Waals surface area contributed by atoms with Gasteiger partial charge in [0.25, 0.3) is 0 Å². The Morgan fingerprint density at radius 3 is 2.56 bits per heavy atom. The quantitative estimate of drug-likeness (QED) is 0.422. The van der Waals surface area contributed by atoms with Crippen LogP contribution < -0.4 is 0 Å². The molecule has 0 amide bonds. The first-order valence-corrected chi connectivity index (χ1v) is 2.97. The third kappa shape index (κ3) is 5.21. The number of allylic oxidation sites excluding steroid dienone is 2. The van der Waals surface area contributed by atoms with E-state index in [0.29, 0.717) is 12.3 Å². The maximum Gasteiger partial charge on any atom is 0.178 e. The molecule has 0 heterocycles. The van der Waals surface area contributed by atoms with Gasteiger partial charge in [-0.15, -0.1) is 0 Å². The highest BCUT2D eigenvalue weighted by Crippen LogP contribution is 2.03. The second-order valence-electron chi connectivity index (χ2n) is 2.34. The van der Waals surface area contributed by atoms with Gasteiger partial charge in [0.1, 0.15) is 0 Å². The zero-order valence-corrected chi connectivity index (χ0v) is 5.73. The number of carbonyl (C=O) groups is 1. The molecule has 0 atom stereocenters. The Hall–Kier alpha value is -0.660. The van der Waals surface area contributed by atoms with E-state index < -0.39 is 5.83 Å². The third-order valence-electron chi connectivity index (χ3n) is 0.897. The highest BCUT2D eigenvalue weighted by atomic mass is 19.1. The molecule has 0 spiro atoms. The number of hydrogen-bond acceptors (Lipinski definition) is 1. The van der Waals surface area contributed by atoms with Crippen molar-refractivity contribution in [2.24, 2.45) is 5.92 Å². The van der Waals surface area contributed by atoms with Crippen LogP contribution in [0.2, 0.25) is 0 Å². The van der Waals surface area contributed by atoms with Crippen molar-refractivity contribution in [1.82, 2.24) is 0 Å². The third-order valence-corrected chi connectivity index (χ3v) is 0.897. The van der Waals surface area contributed by atoms with Crippen molar-refractivity contribution < 1.29 is 9.18 Å². The Balaban J connectivity index is 3.56. The first-order chi connectivity index (χ1) is 4.16. The van der Waals surface area contributed by atoms with Crippen molar-refractivity contribution in [2.45, 2.75) is 20.3 Å². The highest BCUT2D eigenvalue weighted by molar-refractivity contribution is 5.69. The predicted molar refractivity (Wildman–Crippen MR) is 34.7 cm³/mol. The molecule has 0 aliphatic carbocycles. The molecular weight excluding hydrogens is 119 g/mol. The molecule has 0 N–H and O–H groups in total. The van der Waals surface area contributed by atoms with Gasteiger partial charge in [0, 0.05) is 0 Å². The lowest BCUT2D eigenvalue weighted by molar-refractivity contribution is -0.106. The van der Waals surface area contributed by atoms with E-state index in [1.54, 1.807) is 0 Å². The average Bonchev–Trinajstić information content (AvgIpc) is 1.83. The zero-order valence-electron chi connectivity index (χ0n) is 5.73. The van der Waals surface area contributed by atoms with Crippen LogP contribution in [0.1, 0.15) is 20.3 Å². The molecule has 9 heavy (non-hydrogen) atoms. The molecule has 0 saturated heterocycles. The van der Waals surface area contributed by atoms with Gasteiger partial charge in [-0.1, -0.05) is 13.8 Å². The van der Waals surface area contributed by atoms with Crippen molar-refractivity contribution in [3.8, 4) is 0 Å². The van der Waals surface area contributed by atoms with Gasteiger partial charge < -0.3 is 0 Å². The number of hydrogen-bond donors (Lipinski definition) is 0. The number of aldehydes is 1. The van der Waals surface area contributed by atoms with Crippen LogP contribution in [0, 0.1) is 5.92 Å². The van der Waals surface area contributed by atoms with Gasteiger partial charge in [-0.2, -0.15) is 0 Å². The summed E-state index contributed by atoms with van der Waals surface area (Å²) in [6, 6.07) is 0. The van der Waals surface area contributed by atoms with E-state index >= 15 is 0 Å². The fraction of sp³-hybridized carbons (Fsp3) is 0.571. The summed E-state index contributed by atoms with van der Waals surface area (Å²) in [5.74, 6) is -0.251. The fourth-order valence-corrected chi connectivity index (χ4v) is 0.396. The molecule has 0 radical (unpaired) electrons. The summed E-state index contributed by atoms with van der Waals surface area (Å²) in [6.07, 6.45) is 2.16. The molecule has 0 aromatic rings. The van der Waals surface area contributed by atoms with Crippen LogP contribution in [-0.4, -0.2) is 6.29 Å². The van der Waals surface area contributed by atoms with Gasteiger partial charge in [-0.3, -0.25) is 4.79 Å². The van der Waals surface area contributed by atoms with Crippen LogP contribution in [0.15, 0.2) is 11.9 Å². The minimum atomic E-state index is -0.663. The van der Waals surface area contributed by atoms with E-state index in [0.717, 1.165) is 0 Å². The van der Waals surface area contributed by atoms with Gasteiger partial charge >= 0.3 is 0 Å². The van der Waals surface area contributed by atoms with Crippen molar-refractivity contribution in [1.29, 1.82) is 0 Å². The topological polar surface area (TPSA) is 17.1 Å². The van der Waals surface area contributed by atoms with Crippen LogP contribution in [-0.2, 0) is 4.79 Å². The Morgan fingerprint density at radius 1 is 1.67 bits per heavy atom. The monoisotopic (exact) mass is 130 g/mol. The highest BCUT2D eigenvalue weighted by Gasteiger charge is 1.92. The molecule has 0 unspecified atom stereocenters. The number of halogens is 1. The predicted octanol–water partition coefficient (Wildman–Crippen LogP) is 2.08. The molecule has 0 fully saturated rings. The Morgan fingerprint density at radius 2 is 2.22 bits per heavy atom. The lowest BCUT2D eigenvalue weighted by Crippen LogP contribution is -1.83. The summed E-state index contributed by atoms with van der Waals surface area (Å²) < 4.78 is 12.0. The first-order valence-electron chi connectivity index (χ1n) is 2.97. The van der Waals surface area contributed by atoms with E-state index in [2.05, 4.69) is 0 Å². The Bertz CT molecular complexity index is 116. The van der Waals surface area contributed by atoms with Crippen LogP contribution in [0.5, 0.6) is 0 Å². The van der Waals surface area contributed by atoms with Crippen LogP contribution in [0.25, 0.3) is 0 Å². The second-order valence-corrected chi connectivity index (χ2v) is 2.34. The van der Waals surface area contributed by atoms with Crippen LogP contribution in [0.4, 0.5) is 4.39 Å². The summed E-state index contributed by atoms with van der Waals surface area (Å²) in [4.78, 5) is 9.67.